The highest BCUT2D eigenvalue weighted by atomic mass is 32.2. The van der Waals surface area contributed by atoms with E-state index in [4.69, 9.17) is 4.74 Å². The van der Waals surface area contributed by atoms with Gasteiger partial charge in [-0.05, 0) is 35.4 Å². The fraction of sp³-hybridized carbons (Fsp3) is 0.161. The van der Waals surface area contributed by atoms with Crippen LogP contribution in [0.15, 0.2) is 120 Å². The molecule has 0 saturated carbocycles. The zero-order chi connectivity index (χ0) is 28.0. The molecule has 1 N–H and O–H groups in total. The average molecular weight is 556 g/mol. The SMILES string of the molecule is O=C(NCc1ccccc1)[C@H]1CN(C(=O)CN(Cc2ccccc2)S(=O)(=O)c2ccccc2)c2ccccc2O1. The molecule has 2 amide bonds. The topological polar surface area (TPSA) is 96.0 Å². The van der Waals surface area contributed by atoms with E-state index in [1.165, 1.54) is 21.3 Å². The Morgan fingerprint density at radius 1 is 0.800 bits per heavy atom. The van der Waals surface area contributed by atoms with Crippen molar-refractivity contribution in [1.29, 1.82) is 0 Å². The van der Waals surface area contributed by atoms with E-state index >= 15 is 0 Å². The third kappa shape index (κ3) is 6.22. The molecule has 5 rings (SSSR count). The van der Waals surface area contributed by atoms with Crippen LogP contribution in [0.5, 0.6) is 5.75 Å². The number of ether oxygens (including phenoxy) is 1. The van der Waals surface area contributed by atoms with Crippen molar-refractivity contribution >= 4 is 27.5 Å². The smallest absolute Gasteiger partial charge is 0.263 e. The number of hydrogen-bond acceptors (Lipinski definition) is 5. The number of anilines is 1. The molecular formula is C31H29N3O5S. The van der Waals surface area contributed by atoms with E-state index in [1.807, 2.05) is 60.7 Å². The molecular weight excluding hydrogens is 526 g/mol. The quantitative estimate of drug-likeness (QED) is 0.337. The summed E-state index contributed by atoms with van der Waals surface area (Å²) in [5, 5.41) is 2.87. The Bertz CT molecular complexity index is 1560. The molecule has 9 heteroatoms. The van der Waals surface area contributed by atoms with Gasteiger partial charge in [-0.3, -0.25) is 9.59 Å². The van der Waals surface area contributed by atoms with Gasteiger partial charge in [0.25, 0.3) is 5.91 Å². The predicted octanol–water partition coefficient (Wildman–Crippen LogP) is 3.99. The molecule has 8 nitrogen and oxygen atoms in total. The highest BCUT2D eigenvalue weighted by Gasteiger charge is 2.36. The molecule has 0 spiro atoms. The van der Waals surface area contributed by atoms with Crippen LogP contribution in [-0.2, 0) is 32.7 Å². The Hall–Kier alpha value is -4.47. The summed E-state index contributed by atoms with van der Waals surface area (Å²) < 4.78 is 34.5. The van der Waals surface area contributed by atoms with Gasteiger partial charge in [0.15, 0.2) is 6.10 Å². The van der Waals surface area contributed by atoms with Gasteiger partial charge in [0.05, 0.1) is 23.7 Å². The van der Waals surface area contributed by atoms with Gasteiger partial charge in [-0.2, -0.15) is 4.31 Å². The van der Waals surface area contributed by atoms with Gasteiger partial charge in [-0.1, -0.05) is 91.0 Å². The fourth-order valence-electron chi connectivity index (χ4n) is 4.50. The lowest BCUT2D eigenvalue weighted by Gasteiger charge is -2.35. The molecule has 0 aromatic heterocycles. The number of nitrogens with zero attached hydrogens (tertiary/aromatic N) is 2. The van der Waals surface area contributed by atoms with Gasteiger partial charge in [0.1, 0.15) is 5.75 Å². The maximum absolute atomic E-state index is 13.8. The summed E-state index contributed by atoms with van der Waals surface area (Å²) in [5.74, 6) is -0.455. The van der Waals surface area contributed by atoms with E-state index in [2.05, 4.69) is 5.32 Å². The number of amides is 2. The number of carbonyl (C=O) groups is 2. The first-order valence-electron chi connectivity index (χ1n) is 12.9. The highest BCUT2D eigenvalue weighted by molar-refractivity contribution is 7.89. The summed E-state index contributed by atoms with van der Waals surface area (Å²) >= 11 is 0. The number of hydrogen-bond donors (Lipinski definition) is 1. The molecule has 1 aliphatic rings. The Labute approximate surface area is 233 Å². The minimum atomic E-state index is -4.00. The third-order valence-corrected chi connectivity index (χ3v) is 8.38. The van der Waals surface area contributed by atoms with Gasteiger partial charge in [-0.15, -0.1) is 0 Å². The molecule has 1 atom stereocenters. The molecule has 1 aliphatic heterocycles. The minimum Gasteiger partial charge on any atom is -0.477 e. The van der Waals surface area contributed by atoms with Gasteiger partial charge >= 0.3 is 0 Å². The molecule has 0 unspecified atom stereocenters. The normalized spacial score (nSPS) is 14.7. The summed E-state index contributed by atoms with van der Waals surface area (Å²) in [7, 11) is -4.00. The Morgan fingerprint density at radius 3 is 2.05 bits per heavy atom. The molecule has 4 aromatic carbocycles. The second-order valence-corrected chi connectivity index (χ2v) is 11.3. The molecule has 204 valence electrons. The van der Waals surface area contributed by atoms with Gasteiger partial charge in [-0.25, -0.2) is 8.42 Å². The number of fused-ring (bicyclic) bond motifs is 1. The zero-order valence-corrected chi connectivity index (χ0v) is 22.5. The van der Waals surface area contributed by atoms with Crippen LogP contribution >= 0.6 is 0 Å². The lowest BCUT2D eigenvalue weighted by molar-refractivity contribution is -0.128. The van der Waals surface area contributed by atoms with Crippen molar-refractivity contribution < 1.29 is 22.7 Å². The minimum absolute atomic E-state index is 0.0107. The third-order valence-electron chi connectivity index (χ3n) is 6.57. The number of para-hydroxylation sites is 2. The Morgan fingerprint density at radius 2 is 1.38 bits per heavy atom. The van der Waals surface area contributed by atoms with Crippen LogP contribution in [0.1, 0.15) is 11.1 Å². The maximum atomic E-state index is 13.8. The molecule has 0 radical (unpaired) electrons. The van der Waals surface area contributed by atoms with Crippen molar-refractivity contribution in [1.82, 2.24) is 9.62 Å². The molecule has 4 aromatic rings. The summed E-state index contributed by atoms with van der Waals surface area (Å²) in [5.41, 5.74) is 2.16. The van der Waals surface area contributed by atoms with Crippen LogP contribution in [0, 0.1) is 0 Å². The Balaban J connectivity index is 1.39. The average Bonchev–Trinajstić information content (AvgIpc) is 3.00. The number of sulfonamides is 1. The Kier molecular flexibility index (Phi) is 8.23. The fourth-order valence-corrected chi connectivity index (χ4v) is 5.90. The number of rotatable bonds is 9. The van der Waals surface area contributed by atoms with Crippen LogP contribution in [0.4, 0.5) is 5.69 Å². The standard InChI is InChI=1S/C31H29N3O5S/c35-30(23-33(21-25-14-6-2-7-15-25)40(37,38)26-16-8-3-9-17-26)34-22-29(39-28-19-11-10-18-27(28)34)31(36)32-20-24-12-4-1-5-13-24/h1-19,29H,20-23H2,(H,32,36)/t29-/m1/s1. The van der Waals surface area contributed by atoms with Crippen molar-refractivity contribution in [2.75, 3.05) is 18.0 Å². The van der Waals surface area contributed by atoms with E-state index in [9.17, 15) is 18.0 Å². The van der Waals surface area contributed by atoms with Crippen LogP contribution in [-0.4, -0.2) is 43.7 Å². The first-order valence-corrected chi connectivity index (χ1v) is 14.3. The number of benzene rings is 4. The lowest BCUT2D eigenvalue weighted by Crippen LogP contribution is -2.52. The lowest BCUT2D eigenvalue weighted by atomic mass is 10.1. The number of nitrogens with one attached hydrogen (secondary N) is 1. The van der Waals surface area contributed by atoms with E-state index in [-0.39, 0.29) is 23.9 Å². The summed E-state index contributed by atoms with van der Waals surface area (Å²) in [6.45, 7) is -0.147. The van der Waals surface area contributed by atoms with Crippen molar-refractivity contribution in [3.8, 4) is 5.75 Å². The second kappa shape index (κ2) is 12.1. The van der Waals surface area contributed by atoms with E-state index in [1.54, 1.807) is 42.5 Å². The summed E-state index contributed by atoms with van der Waals surface area (Å²) in [4.78, 5) is 28.4. The van der Waals surface area contributed by atoms with Crippen LogP contribution < -0.4 is 15.0 Å². The molecule has 0 aliphatic carbocycles. The molecule has 0 fully saturated rings. The molecule has 0 bridgehead atoms. The van der Waals surface area contributed by atoms with E-state index in [0.717, 1.165) is 11.1 Å². The summed E-state index contributed by atoms with van der Waals surface area (Å²) in [6.07, 6.45) is -0.962. The second-order valence-electron chi connectivity index (χ2n) is 9.35. The highest BCUT2D eigenvalue weighted by Crippen LogP contribution is 2.33. The largest absolute Gasteiger partial charge is 0.477 e. The zero-order valence-electron chi connectivity index (χ0n) is 21.7. The van der Waals surface area contributed by atoms with E-state index < -0.39 is 28.6 Å². The van der Waals surface area contributed by atoms with Crippen LogP contribution in [0.25, 0.3) is 0 Å². The van der Waals surface area contributed by atoms with E-state index in [0.29, 0.717) is 18.0 Å². The van der Waals surface area contributed by atoms with Gasteiger partial charge in [0.2, 0.25) is 15.9 Å². The van der Waals surface area contributed by atoms with Crippen molar-refractivity contribution in [2.24, 2.45) is 0 Å². The first-order chi connectivity index (χ1) is 19.4. The molecule has 1 heterocycles. The predicted molar refractivity (Wildman–Crippen MR) is 152 cm³/mol. The van der Waals surface area contributed by atoms with Crippen LogP contribution in [0.3, 0.4) is 0 Å². The van der Waals surface area contributed by atoms with Crippen molar-refractivity contribution in [2.45, 2.75) is 24.1 Å². The molecule has 0 saturated heterocycles. The first kappa shape index (κ1) is 27.1. The molecule has 40 heavy (non-hydrogen) atoms. The monoisotopic (exact) mass is 555 g/mol. The summed E-state index contributed by atoms with van der Waals surface area (Å²) in [6, 6.07) is 33.6. The van der Waals surface area contributed by atoms with Crippen molar-refractivity contribution in [3.05, 3.63) is 126 Å². The maximum Gasteiger partial charge on any atom is 0.263 e. The van der Waals surface area contributed by atoms with Crippen molar-refractivity contribution in [3.63, 3.8) is 0 Å². The number of carbonyl (C=O) groups excluding carboxylic acids is 2. The van der Waals surface area contributed by atoms with Crippen LogP contribution in [0.2, 0.25) is 0 Å². The van der Waals surface area contributed by atoms with Gasteiger partial charge < -0.3 is 15.0 Å². The van der Waals surface area contributed by atoms with Gasteiger partial charge in [0, 0.05) is 13.1 Å².